The minimum Gasteiger partial charge on any atom is -0.606 e. The molecule has 1 aromatic heterocycles. The number of rotatable bonds is 3. The lowest BCUT2D eigenvalue weighted by Gasteiger charge is -2.31. The summed E-state index contributed by atoms with van der Waals surface area (Å²) in [5.74, 6) is -0.0397. The molecule has 0 saturated carbocycles. The summed E-state index contributed by atoms with van der Waals surface area (Å²) in [5.41, 5.74) is 1.39. The molecular weight excluding hydrogens is 322 g/mol. The number of amides is 1. The average molecular weight is 337 g/mol. The van der Waals surface area contributed by atoms with Crippen LogP contribution < -0.4 is 4.90 Å². The van der Waals surface area contributed by atoms with Crippen molar-refractivity contribution in [2.75, 3.05) is 4.90 Å². The number of hydrogen-bond acceptors (Lipinski definition) is 3. The molecule has 0 fully saturated rings. The van der Waals surface area contributed by atoms with Crippen LogP contribution in [0, 0.1) is 0 Å². The van der Waals surface area contributed by atoms with E-state index in [1.54, 1.807) is 15.8 Å². The Bertz CT molecular complexity index is 832. The number of benzene rings is 2. The summed E-state index contributed by atoms with van der Waals surface area (Å²) in [6.45, 7) is 0.510. The Kier molecular flexibility index (Phi) is 3.84. The van der Waals surface area contributed by atoms with Gasteiger partial charge in [-0.1, -0.05) is 24.3 Å². The lowest BCUT2D eigenvalue weighted by atomic mass is 10.2. The van der Waals surface area contributed by atoms with Gasteiger partial charge in [-0.3, -0.25) is 14.4 Å². The zero-order valence-corrected chi connectivity index (χ0v) is 13.6. The summed E-state index contributed by atoms with van der Waals surface area (Å²) in [5, 5.41) is 4.13. The van der Waals surface area contributed by atoms with Crippen LogP contribution in [0.4, 0.5) is 11.4 Å². The highest BCUT2D eigenvalue weighted by Gasteiger charge is 2.36. The van der Waals surface area contributed by atoms with Crippen LogP contribution >= 0.6 is 0 Å². The van der Waals surface area contributed by atoms with Crippen LogP contribution in [0.1, 0.15) is 6.42 Å². The molecule has 0 unspecified atom stereocenters. The van der Waals surface area contributed by atoms with Gasteiger partial charge < -0.3 is 4.55 Å². The van der Waals surface area contributed by atoms with E-state index in [1.165, 1.54) is 0 Å². The van der Waals surface area contributed by atoms with Crippen molar-refractivity contribution in [3.63, 3.8) is 0 Å². The molecule has 4 rings (SSSR count). The molecule has 1 amide bonds. The highest BCUT2D eigenvalue weighted by atomic mass is 32.2. The van der Waals surface area contributed by atoms with E-state index >= 15 is 0 Å². The van der Waals surface area contributed by atoms with Gasteiger partial charge in [-0.25, -0.2) is 0 Å². The maximum atomic E-state index is 12.9. The second-order valence-corrected chi connectivity index (χ2v) is 6.87. The van der Waals surface area contributed by atoms with Gasteiger partial charge in [0.25, 0.3) is 0 Å². The molecule has 1 aliphatic rings. The highest BCUT2D eigenvalue weighted by molar-refractivity contribution is 7.92. The first-order valence-corrected chi connectivity index (χ1v) is 8.81. The maximum absolute atomic E-state index is 12.9. The second-order valence-electron chi connectivity index (χ2n) is 5.45. The summed E-state index contributed by atoms with van der Waals surface area (Å²) >= 11 is -1.27. The quantitative estimate of drug-likeness (QED) is 0.690. The summed E-state index contributed by atoms with van der Waals surface area (Å²) in [6.07, 6.45) is 3.84. The number of hydrogen-bond donors (Lipinski definition) is 0. The number of para-hydroxylation sites is 2. The van der Waals surface area contributed by atoms with Gasteiger partial charge in [0, 0.05) is 36.5 Å². The molecule has 0 saturated heterocycles. The van der Waals surface area contributed by atoms with Gasteiger partial charge in [-0.2, -0.15) is 5.10 Å². The molecule has 0 N–H and O–H groups in total. The van der Waals surface area contributed by atoms with Gasteiger partial charge >= 0.3 is 0 Å². The zero-order chi connectivity index (χ0) is 16.5. The van der Waals surface area contributed by atoms with E-state index in [-0.39, 0.29) is 5.91 Å². The summed E-state index contributed by atoms with van der Waals surface area (Å²) in [7, 11) is 0. The molecule has 0 radical (unpaired) electrons. The van der Waals surface area contributed by atoms with Crippen LogP contribution in [-0.4, -0.2) is 20.2 Å². The van der Waals surface area contributed by atoms with Crippen LogP contribution in [0.2, 0.25) is 0 Å². The van der Waals surface area contributed by atoms with Crippen LogP contribution in [0.5, 0.6) is 0 Å². The van der Waals surface area contributed by atoms with Crippen molar-refractivity contribution < 1.29 is 9.35 Å². The third kappa shape index (κ3) is 2.50. The number of aryl methyl sites for hydroxylation is 1. The molecule has 2 heterocycles. The number of anilines is 2. The number of fused-ring (bicyclic) bond motifs is 2. The Morgan fingerprint density at radius 2 is 1.62 bits per heavy atom. The van der Waals surface area contributed by atoms with Gasteiger partial charge in [-0.15, -0.1) is 0 Å². The lowest BCUT2D eigenvalue weighted by molar-refractivity contribution is -0.118. The lowest BCUT2D eigenvalue weighted by Crippen LogP contribution is -2.32. The van der Waals surface area contributed by atoms with E-state index in [0.717, 1.165) is 0 Å². The van der Waals surface area contributed by atoms with Gasteiger partial charge in [0.2, 0.25) is 5.91 Å². The monoisotopic (exact) mass is 337 g/mol. The molecule has 120 valence electrons. The van der Waals surface area contributed by atoms with E-state index < -0.39 is 11.2 Å². The smallest absolute Gasteiger partial charge is 0.233 e. The summed E-state index contributed by atoms with van der Waals surface area (Å²) in [4.78, 5) is 15.9. The standard InChI is InChI=1S/C18H15N3O2S/c22-18(10-13-20-12-5-11-19-20)21-14-6-1-3-8-16(14)24(23)17-9-4-2-7-15(17)21/h1-9,11-12H,10,13H2. The molecule has 0 spiro atoms. The first kappa shape index (κ1) is 15.0. The number of carbonyl (C=O) groups excluding carboxylic acids is 1. The summed E-state index contributed by atoms with van der Waals surface area (Å²) in [6, 6.07) is 16.6. The van der Waals surface area contributed by atoms with Gasteiger partial charge in [-0.05, 0) is 30.3 Å². The van der Waals surface area contributed by atoms with Crippen molar-refractivity contribution in [2.45, 2.75) is 22.8 Å². The van der Waals surface area contributed by atoms with E-state index in [1.807, 2.05) is 60.8 Å². The van der Waals surface area contributed by atoms with Gasteiger partial charge in [0.1, 0.15) is 11.4 Å². The van der Waals surface area contributed by atoms with Gasteiger partial charge in [0.15, 0.2) is 9.79 Å². The average Bonchev–Trinajstić information content (AvgIpc) is 3.14. The Hall–Kier alpha value is -2.57. The fourth-order valence-corrected chi connectivity index (χ4v) is 4.21. The predicted molar refractivity (Wildman–Crippen MR) is 91.5 cm³/mol. The normalized spacial score (nSPS) is 13.5. The maximum Gasteiger partial charge on any atom is 0.233 e. The fraction of sp³-hybridized carbons (Fsp3) is 0.111. The van der Waals surface area contributed by atoms with Crippen LogP contribution in [-0.2, 0) is 22.5 Å². The predicted octanol–water partition coefficient (Wildman–Crippen LogP) is 3.12. The molecule has 0 atom stereocenters. The van der Waals surface area contributed by atoms with Crippen molar-refractivity contribution in [2.24, 2.45) is 0 Å². The van der Waals surface area contributed by atoms with Crippen LogP contribution in [0.15, 0.2) is 76.8 Å². The molecule has 1 aliphatic heterocycles. The third-order valence-electron chi connectivity index (χ3n) is 3.98. The van der Waals surface area contributed by atoms with Crippen molar-refractivity contribution in [1.29, 1.82) is 0 Å². The van der Waals surface area contributed by atoms with E-state index in [4.69, 9.17) is 0 Å². The van der Waals surface area contributed by atoms with Gasteiger partial charge in [0.05, 0.1) is 0 Å². The SMILES string of the molecule is O=C(CCn1cccn1)N1c2ccccc2[S+]([O-])c2ccccc21. The number of nitrogens with zero attached hydrogens (tertiary/aromatic N) is 3. The van der Waals surface area contributed by atoms with E-state index in [0.29, 0.717) is 34.1 Å². The van der Waals surface area contributed by atoms with Crippen molar-refractivity contribution >= 4 is 28.5 Å². The number of aromatic nitrogens is 2. The van der Waals surface area contributed by atoms with Crippen molar-refractivity contribution in [1.82, 2.24) is 9.78 Å². The highest BCUT2D eigenvalue weighted by Crippen LogP contribution is 2.43. The second kappa shape index (κ2) is 6.14. The fourth-order valence-electron chi connectivity index (χ4n) is 2.87. The molecule has 0 aliphatic carbocycles. The third-order valence-corrected chi connectivity index (χ3v) is 5.46. The largest absolute Gasteiger partial charge is 0.606 e. The van der Waals surface area contributed by atoms with Crippen LogP contribution in [0.3, 0.4) is 0 Å². The molecule has 5 nitrogen and oxygen atoms in total. The number of carbonyl (C=O) groups is 1. The topological polar surface area (TPSA) is 61.2 Å². The first-order valence-electron chi connectivity index (χ1n) is 7.66. The van der Waals surface area contributed by atoms with Crippen molar-refractivity contribution in [3.05, 3.63) is 67.0 Å². The Morgan fingerprint density at radius 3 is 2.21 bits per heavy atom. The van der Waals surface area contributed by atoms with Crippen molar-refractivity contribution in [3.8, 4) is 0 Å². The Balaban J connectivity index is 1.72. The molecule has 3 aromatic rings. The Morgan fingerprint density at radius 1 is 1.00 bits per heavy atom. The minimum atomic E-state index is -1.27. The zero-order valence-electron chi connectivity index (χ0n) is 12.8. The van der Waals surface area contributed by atoms with E-state index in [9.17, 15) is 9.35 Å². The molecule has 6 heteroatoms. The molecule has 0 bridgehead atoms. The Labute approximate surface area is 142 Å². The minimum absolute atomic E-state index is 0.0397. The molecular formula is C18H15N3O2S. The molecule has 24 heavy (non-hydrogen) atoms. The first-order chi connectivity index (χ1) is 11.8. The molecule has 2 aromatic carbocycles. The van der Waals surface area contributed by atoms with E-state index in [2.05, 4.69) is 5.10 Å². The summed E-state index contributed by atoms with van der Waals surface area (Å²) < 4.78 is 14.5. The van der Waals surface area contributed by atoms with Crippen LogP contribution in [0.25, 0.3) is 0 Å².